The van der Waals surface area contributed by atoms with Gasteiger partial charge in [0.25, 0.3) is 0 Å². The molecule has 3 heterocycles. The zero-order valence-electron chi connectivity index (χ0n) is 13.0. The summed E-state index contributed by atoms with van der Waals surface area (Å²) < 4.78 is 2.27. The maximum atomic E-state index is 4.58. The topological polar surface area (TPSA) is 50.1 Å². The van der Waals surface area contributed by atoms with Crippen molar-refractivity contribution in [2.45, 2.75) is 33.0 Å². The molecule has 0 atom stereocenters. The first-order valence-corrected chi connectivity index (χ1v) is 7.34. The average molecular weight is 286 g/mol. The molecule has 0 N–H and O–H groups in total. The van der Waals surface area contributed by atoms with Crippen LogP contribution in [-0.4, -0.2) is 45.1 Å². The van der Waals surface area contributed by atoms with E-state index in [1.807, 2.05) is 25.6 Å². The Morgan fingerprint density at radius 1 is 1.14 bits per heavy atom. The summed E-state index contributed by atoms with van der Waals surface area (Å²) in [6, 6.07) is 0. The predicted molar refractivity (Wildman–Crippen MR) is 82.1 cm³/mol. The Balaban J connectivity index is 1.87. The summed E-state index contributed by atoms with van der Waals surface area (Å²) in [7, 11) is 4.15. The minimum absolute atomic E-state index is 0.811. The van der Waals surface area contributed by atoms with Gasteiger partial charge in [-0.3, -0.25) is 0 Å². The first-order chi connectivity index (χ1) is 10.1. The van der Waals surface area contributed by atoms with Crippen molar-refractivity contribution < 1.29 is 0 Å². The lowest BCUT2D eigenvalue weighted by Gasteiger charge is -2.20. The minimum atomic E-state index is 0.811. The van der Waals surface area contributed by atoms with Gasteiger partial charge in [0.15, 0.2) is 0 Å². The molecule has 3 rings (SSSR count). The summed E-state index contributed by atoms with van der Waals surface area (Å²) in [4.78, 5) is 17.9. The summed E-state index contributed by atoms with van der Waals surface area (Å²) >= 11 is 0. The van der Waals surface area contributed by atoms with Crippen molar-refractivity contribution in [2.24, 2.45) is 0 Å². The Morgan fingerprint density at radius 2 is 1.90 bits per heavy atom. The highest BCUT2D eigenvalue weighted by Crippen LogP contribution is 2.20. The van der Waals surface area contributed by atoms with E-state index in [9.17, 15) is 0 Å². The number of nitrogens with zero attached hydrogens (tertiary/aromatic N) is 6. The van der Waals surface area contributed by atoms with Crippen molar-refractivity contribution in [1.29, 1.82) is 0 Å². The molecule has 0 saturated carbocycles. The molecule has 1 aliphatic rings. The molecule has 6 heteroatoms. The summed E-state index contributed by atoms with van der Waals surface area (Å²) in [5.41, 5.74) is 3.52. The Morgan fingerprint density at radius 3 is 2.62 bits per heavy atom. The molecule has 0 fully saturated rings. The number of aryl methyl sites for hydroxylation is 2. The summed E-state index contributed by atoms with van der Waals surface area (Å²) in [6.07, 6.45) is 6.81. The molecule has 0 amide bonds. The molecular formula is C15H22N6. The van der Waals surface area contributed by atoms with Gasteiger partial charge in [0, 0.05) is 32.0 Å². The van der Waals surface area contributed by atoms with Gasteiger partial charge in [0.05, 0.1) is 24.3 Å². The van der Waals surface area contributed by atoms with Gasteiger partial charge >= 0.3 is 0 Å². The van der Waals surface area contributed by atoms with Crippen LogP contribution < -0.4 is 4.90 Å². The first-order valence-electron chi connectivity index (χ1n) is 7.34. The van der Waals surface area contributed by atoms with Crippen LogP contribution in [0.1, 0.15) is 23.4 Å². The van der Waals surface area contributed by atoms with E-state index in [2.05, 4.69) is 43.4 Å². The van der Waals surface area contributed by atoms with E-state index in [0.717, 1.165) is 49.8 Å². The highest BCUT2D eigenvalue weighted by molar-refractivity contribution is 5.32. The highest BCUT2D eigenvalue weighted by Gasteiger charge is 2.20. The molecule has 1 aliphatic heterocycles. The molecule has 2 aromatic rings. The zero-order chi connectivity index (χ0) is 14.8. The Kier molecular flexibility index (Phi) is 3.88. The Labute approximate surface area is 125 Å². The van der Waals surface area contributed by atoms with Crippen LogP contribution in [0.5, 0.6) is 0 Å². The van der Waals surface area contributed by atoms with Crippen LogP contribution in [0.2, 0.25) is 0 Å². The second kappa shape index (κ2) is 5.81. The number of imidazole rings is 1. The second-order valence-corrected chi connectivity index (χ2v) is 5.90. The fourth-order valence-electron chi connectivity index (χ4n) is 2.67. The van der Waals surface area contributed by atoms with Crippen molar-refractivity contribution in [1.82, 2.24) is 24.4 Å². The summed E-state index contributed by atoms with van der Waals surface area (Å²) in [5, 5.41) is 0. The van der Waals surface area contributed by atoms with Crippen LogP contribution >= 0.6 is 0 Å². The van der Waals surface area contributed by atoms with Crippen molar-refractivity contribution in [3.8, 4) is 0 Å². The van der Waals surface area contributed by atoms with Gasteiger partial charge in [0.2, 0.25) is 5.95 Å². The number of anilines is 1. The smallest absolute Gasteiger partial charge is 0.225 e. The number of rotatable bonds is 3. The van der Waals surface area contributed by atoms with Gasteiger partial charge in [-0.15, -0.1) is 0 Å². The third kappa shape index (κ3) is 3.05. The van der Waals surface area contributed by atoms with Gasteiger partial charge in [-0.05, 0) is 33.0 Å². The standard InChI is InChI=1S/C15H22N6/c1-12-7-16-15(17-8-12)20-5-4-6-21-11-18-13(9-19(2)3)14(21)10-20/h7-8,11H,4-6,9-10H2,1-3H3. The van der Waals surface area contributed by atoms with Crippen molar-refractivity contribution >= 4 is 5.95 Å². The number of aromatic nitrogens is 4. The fourth-order valence-corrected chi connectivity index (χ4v) is 2.67. The maximum absolute atomic E-state index is 4.58. The molecule has 112 valence electrons. The SMILES string of the molecule is Cc1cnc(N2CCCn3cnc(CN(C)C)c3C2)nc1. The third-order valence-electron chi connectivity index (χ3n) is 3.72. The van der Waals surface area contributed by atoms with E-state index in [1.165, 1.54) is 5.69 Å². The largest absolute Gasteiger partial charge is 0.335 e. The third-order valence-corrected chi connectivity index (χ3v) is 3.72. The monoisotopic (exact) mass is 286 g/mol. The quantitative estimate of drug-likeness (QED) is 0.855. The summed E-state index contributed by atoms with van der Waals surface area (Å²) in [5.74, 6) is 0.811. The van der Waals surface area contributed by atoms with Crippen LogP contribution in [0.4, 0.5) is 5.95 Å². The molecule has 0 bridgehead atoms. The van der Waals surface area contributed by atoms with Gasteiger partial charge in [-0.1, -0.05) is 0 Å². The van der Waals surface area contributed by atoms with E-state index in [-0.39, 0.29) is 0 Å². The Bertz CT molecular complexity index is 601. The normalized spacial score (nSPS) is 15.1. The van der Waals surface area contributed by atoms with Crippen molar-refractivity contribution in [2.75, 3.05) is 25.5 Å². The molecule has 6 nitrogen and oxygen atoms in total. The first kappa shape index (κ1) is 14.0. The molecule has 2 aromatic heterocycles. The van der Waals surface area contributed by atoms with E-state index >= 15 is 0 Å². The van der Waals surface area contributed by atoms with Crippen LogP contribution in [-0.2, 0) is 19.6 Å². The Hall–Kier alpha value is -1.95. The lowest BCUT2D eigenvalue weighted by atomic mass is 10.3. The minimum Gasteiger partial charge on any atom is -0.335 e. The summed E-state index contributed by atoms with van der Waals surface area (Å²) in [6.45, 7) is 5.69. The molecule has 0 saturated heterocycles. The average Bonchev–Trinajstić information content (AvgIpc) is 2.70. The van der Waals surface area contributed by atoms with Gasteiger partial charge in [-0.2, -0.15) is 0 Å². The van der Waals surface area contributed by atoms with Crippen molar-refractivity contribution in [3.63, 3.8) is 0 Å². The number of hydrogen-bond donors (Lipinski definition) is 0. The molecule has 0 radical (unpaired) electrons. The van der Waals surface area contributed by atoms with E-state index in [0.29, 0.717) is 0 Å². The van der Waals surface area contributed by atoms with Gasteiger partial charge < -0.3 is 14.4 Å². The number of fused-ring (bicyclic) bond motifs is 1. The lowest BCUT2D eigenvalue weighted by Crippen LogP contribution is -2.25. The molecule has 0 aromatic carbocycles. The van der Waals surface area contributed by atoms with Crippen LogP contribution in [0.15, 0.2) is 18.7 Å². The number of hydrogen-bond acceptors (Lipinski definition) is 5. The molecule has 0 spiro atoms. The van der Waals surface area contributed by atoms with Crippen LogP contribution in [0, 0.1) is 6.92 Å². The fraction of sp³-hybridized carbons (Fsp3) is 0.533. The second-order valence-electron chi connectivity index (χ2n) is 5.90. The van der Waals surface area contributed by atoms with E-state index < -0.39 is 0 Å². The van der Waals surface area contributed by atoms with E-state index in [1.54, 1.807) is 0 Å². The highest BCUT2D eigenvalue weighted by atomic mass is 15.3. The zero-order valence-corrected chi connectivity index (χ0v) is 13.0. The predicted octanol–water partition coefficient (Wildman–Crippen LogP) is 1.45. The maximum Gasteiger partial charge on any atom is 0.225 e. The van der Waals surface area contributed by atoms with Crippen LogP contribution in [0.25, 0.3) is 0 Å². The molecular weight excluding hydrogens is 264 g/mol. The van der Waals surface area contributed by atoms with E-state index in [4.69, 9.17) is 0 Å². The molecule has 0 aliphatic carbocycles. The van der Waals surface area contributed by atoms with Gasteiger partial charge in [-0.25, -0.2) is 15.0 Å². The molecule has 0 unspecified atom stereocenters. The lowest BCUT2D eigenvalue weighted by molar-refractivity contribution is 0.395. The molecule has 21 heavy (non-hydrogen) atoms. The van der Waals surface area contributed by atoms with Gasteiger partial charge in [0.1, 0.15) is 0 Å². The van der Waals surface area contributed by atoms with Crippen LogP contribution in [0.3, 0.4) is 0 Å². The van der Waals surface area contributed by atoms with Crippen molar-refractivity contribution in [3.05, 3.63) is 35.7 Å².